The van der Waals surface area contributed by atoms with Crippen molar-refractivity contribution in [3.8, 4) is 0 Å². The van der Waals surface area contributed by atoms with Gasteiger partial charge in [-0.1, -0.05) is 19.0 Å². The topological polar surface area (TPSA) is 75.4 Å². The fourth-order valence-electron chi connectivity index (χ4n) is 2.86. The van der Waals surface area contributed by atoms with Crippen LogP contribution in [0.1, 0.15) is 74.5 Å². The first kappa shape index (κ1) is 14.6. The Balaban J connectivity index is 1.53. The molecule has 1 heterocycles. The minimum Gasteiger partial charge on any atom is -0.388 e. The van der Waals surface area contributed by atoms with Gasteiger partial charge in [0.05, 0.1) is 5.60 Å². The molecule has 0 saturated heterocycles. The Morgan fingerprint density at radius 2 is 2.05 bits per heavy atom. The van der Waals surface area contributed by atoms with E-state index in [1.165, 1.54) is 0 Å². The third kappa shape index (κ3) is 3.46. The lowest BCUT2D eigenvalue weighted by Gasteiger charge is -2.40. The smallest absolute Gasteiger partial charge is 0.273 e. The first-order chi connectivity index (χ1) is 9.87. The van der Waals surface area contributed by atoms with Crippen LogP contribution in [0.5, 0.6) is 0 Å². The molecule has 1 aromatic rings. The molecule has 0 radical (unpaired) electrons. The summed E-state index contributed by atoms with van der Waals surface area (Å²) in [5, 5.41) is 17.2. The molecule has 116 valence electrons. The van der Waals surface area contributed by atoms with Crippen LogP contribution in [-0.2, 0) is 0 Å². The third-order valence-corrected chi connectivity index (χ3v) is 4.85. The fourth-order valence-corrected chi connectivity index (χ4v) is 2.86. The van der Waals surface area contributed by atoms with Gasteiger partial charge in [0.15, 0.2) is 5.69 Å². The number of rotatable bonds is 4. The molecule has 0 bridgehead atoms. The summed E-state index contributed by atoms with van der Waals surface area (Å²) in [5.41, 5.74) is -0.174. The third-order valence-electron chi connectivity index (χ3n) is 4.85. The largest absolute Gasteiger partial charge is 0.388 e. The van der Waals surface area contributed by atoms with Crippen LogP contribution in [0, 0.1) is 5.41 Å². The monoisotopic (exact) mass is 292 g/mol. The van der Waals surface area contributed by atoms with Crippen LogP contribution in [0.15, 0.2) is 10.6 Å². The van der Waals surface area contributed by atoms with Gasteiger partial charge in [-0.05, 0) is 43.9 Å². The summed E-state index contributed by atoms with van der Waals surface area (Å²) in [6, 6.07) is 1.72. The Hall–Kier alpha value is -1.36. The van der Waals surface area contributed by atoms with Gasteiger partial charge in [-0.25, -0.2) is 0 Å². The highest BCUT2D eigenvalue weighted by Crippen LogP contribution is 2.41. The normalized spacial score (nSPS) is 23.8. The number of nitrogens with zero attached hydrogens (tertiary/aromatic N) is 1. The molecule has 21 heavy (non-hydrogen) atoms. The lowest BCUT2D eigenvalue weighted by molar-refractivity contribution is -0.0233. The highest BCUT2D eigenvalue weighted by molar-refractivity contribution is 5.92. The maximum absolute atomic E-state index is 12.1. The van der Waals surface area contributed by atoms with Gasteiger partial charge in [-0.2, -0.15) is 0 Å². The van der Waals surface area contributed by atoms with Crippen molar-refractivity contribution in [3.63, 3.8) is 0 Å². The Morgan fingerprint density at radius 3 is 2.67 bits per heavy atom. The predicted octanol–water partition coefficient (Wildman–Crippen LogP) is 2.61. The molecule has 2 aliphatic rings. The van der Waals surface area contributed by atoms with E-state index in [1.54, 1.807) is 6.07 Å². The molecule has 5 heteroatoms. The summed E-state index contributed by atoms with van der Waals surface area (Å²) in [5.74, 6) is 0.992. The van der Waals surface area contributed by atoms with Crippen LogP contribution in [0.4, 0.5) is 0 Å². The molecule has 0 aliphatic heterocycles. The fraction of sp³-hybridized carbons (Fsp3) is 0.750. The Bertz CT molecular complexity index is 521. The van der Waals surface area contributed by atoms with Crippen LogP contribution >= 0.6 is 0 Å². The average molecular weight is 292 g/mol. The van der Waals surface area contributed by atoms with E-state index in [9.17, 15) is 9.90 Å². The van der Waals surface area contributed by atoms with E-state index in [1.807, 2.05) is 0 Å². The first-order valence-corrected chi connectivity index (χ1v) is 7.84. The molecule has 1 aromatic heterocycles. The van der Waals surface area contributed by atoms with E-state index in [0.717, 1.165) is 44.3 Å². The van der Waals surface area contributed by atoms with Crippen molar-refractivity contribution in [2.45, 2.75) is 63.9 Å². The summed E-state index contributed by atoms with van der Waals surface area (Å²) in [6.45, 7) is 4.73. The summed E-state index contributed by atoms with van der Waals surface area (Å²) < 4.78 is 5.18. The predicted molar refractivity (Wildman–Crippen MR) is 78.0 cm³/mol. The molecule has 2 saturated carbocycles. The van der Waals surface area contributed by atoms with Gasteiger partial charge >= 0.3 is 0 Å². The second kappa shape index (κ2) is 5.13. The van der Waals surface area contributed by atoms with Crippen LogP contribution in [0.25, 0.3) is 0 Å². The lowest BCUT2D eigenvalue weighted by Crippen LogP contribution is -2.46. The van der Waals surface area contributed by atoms with Crippen molar-refractivity contribution in [1.82, 2.24) is 10.5 Å². The van der Waals surface area contributed by atoms with Gasteiger partial charge in [0, 0.05) is 18.5 Å². The number of nitrogens with one attached hydrogen (secondary N) is 1. The summed E-state index contributed by atoms with van der Waals surface area (Å²) in [4.78, 5) is 12.1. The summed E-state index contributed by atoms with van der Waals surface area (Å²) in [7, 11) is 0. The van der Waals surface area contributed by atoms with Gasteiger partial charge in [0.2, 0.25) is 0 Å². The van der Waals surface area contributed by atoms with Gasteiger partial charge in [-0.3, -0.25) is 4.79 Å². The number of hydrogen-bond acceptors (Lipinski definition) is 4. The minimum absolute atomic E-state index is 0.260. The molecule has 5 nitrogen and oxygen atoms in total. The van der Waals surface area contributed by atoms with E-state index < -0.39 is 5.60 Å². The average Bonchev–Trinajstić information content (AvgIpc) is 3.18. The molecule has 2 N–H and O–H groups in total. The summed E-state index contributed by atoms with van der Waals surface area (Å²) >= 11 is 0. The minimum atomic E-state index is -0.783. The number of aliphatic hydroxyl groups is 1. The number of amides is 1. The van der Waals surface area contributed by atoms with Gasteiger partial charge in [0.25, 0.3) is 5.91 Å². The Morgan fingerprint density at radius 1 is 1.38 bits per heavy atom. The molecular weight excluding hydrogens is 268 g/mol. The molecule has 2 fully saturated rings. The SMILES string of the molecule is CC1(C)CCC(O)(CNC(=O)c2cc(C3CC3)on2)CC1. The zero-order chi connectivity index (χ0) is 15.1. The zero-order valence-electron chi connectivity index (χ0n) is 12.8. The van der Waals surface area contributed by atoms with Gasteiger partial charge in [0.1, 0.15) is 5.76 Å². The summed E-state index contributed by atoms with van der Waals surface area (Å²) in [6.07, 6.45) is 5.65. The van der Waals surface area contributed by atoms with Crippen LogP contribution in [0.3, 0.4) is 0 Å². The van der Waals surface area contributed by atoms with Crippen LogP contribution in [-0.4, -0.2) is 28.3 Å². The van der Waals surface area contributed by atoms with Gasteiger partial charge in [-0.15, -0.1) is 0 Å². The van der Waals surface area contributed by atoms with Crippen molar-refractivity contribution in [2.75, 3.05) is 6.54 Å². The standard InChI is InChI=1S/C16H24N2O3/c1-15(2)5-7-16(20,8-6-15)10-17-14(19)12-9-13(21-18-12)11-3-4-11/h9,11,20H,3-8,10H2,1-2H3,(H,17,19). The quantitative estimate of drug-likeness (QED) is 0.894. The van der Waals surface area contributed by atoms with E-state index in [2.05, 4.69) is 24.3 Å². The van der Waals surface area contributed by atoms with Crippen LogP contribution in [0.2, 0.25) is 0 Å². The number of hydrogen-bond donors (Lipinski definition) is 2. The van der Waals surface area contributed by atoms with E-state index >= 15 is 0 Å². The van der Waals surface area contributed by atoms with Crippen LogP contribution < -0.4 is 5.32 Å². The lowest BCUT2D eigenvalue weighted by atomic mass is 9.71. The van der Waals surface area contributed by atoms with Crippen molar-refractivity contribution in [3.05, 3.63) is 17.5 Å². The first-order valence-electron chi connectivity index (χ1n) is 7.84. The number of carbonyl (C=O) groups is 1. The molecule has 0 spiro atoms. The number of aromatic nitrogens is 1. The second-order valence-corrected chi connectivity index (χ2v) is 7.46. The maximum Gasteiger partial charge on any atom is 0.273 e. The highest BCUT2D eigenvalue weighted by Gasteiger charge is 2.37. The van der Waals surface area contributed by atoms with Crippen molar-refractivity contribution < 1.29 is 14.4 Å². The van der Waals surface area contributed by atoms with Crippen molar-refractivity contribution in [1.29, 1.82) is 0 Å². The Labute approximate surface area is 125 Å². The molecule has 1 amide bonds. The van der Waals surface area contributed by atoms with E-state index in [0.29, 0.717) is 17.0 Å². The highest BCUT2D eigenvalue weighted by atomic mass is 16.5. The molecule has 0 atom stereocenters. The van der Waals surface area contributed by atoms with Crippen molar-refractivity contribution >= 4 is 5.91 Å². The number of carbonyl (C=O) groups excluding carboxylic acids is 1. The Kier molecular flexibility index (Phi) is 3.56. The second-order valence-electron chi connectivity index (χ2n) is 7.46. The maximum atomic E-state index is 12.1. The van der Waals surface area contributed by atoms with Crippen molar-refractivity contribution in [2.24, 2.45) is 5.41 Å². The molecule has 3 rings (SSSR count). The van der Waals surface area contributed by atoms with E-state index in [4.69, 9.17) is 4.52 Å². The molecule has 0 unspecified atom stereocenters. The van der Waals surface area contributed by atoms with Gasteiger partial charge < -0.3 is 14.9 Å². The van der Waals surface area contributed by atoms with E-state index in [-0.39, 0.29) is 12.5 Å². The zero-order valence-corrected chi connectivity index (χ0v) is 12.8. The molecular formula is C16H24N2O3. The molecule has 2 aliphatic carbocycles. The molecule has 0 aromatic carbocycles.